The monoisotopic (exact) mass is 316 g/mol. The molecular weight excluding hydrogens is 300 g/mol. The number of carbonyl (C=O) groups is 3. The first-order chi connectivity index (χ1) is 10.9. The summed E-state index contributed by atoms with van der Waals surface area (Å²) in [5.41, 5.74) is 0.134. The molecule has 0 amide bonds. The first kappa shape index (κ1) is 15.3. The molecule has 1 N–H and O–H groups in total. The first-order valence-corrected chi connectivity index (χ1v) is 7.27. The number of Topliss-reactive ketones (excluding diaryl/α,β-unsaturated/α-hetero) is 2. The summed E-state index contributed by atoms with van der Waals surface area (Å²) in [4.78, 5) is 36.8. The van der Waals surface area contributed by atoms with E-state index in [-0.39, 0.29) is 34.2 Å². The van der Waals surface area contributed by atoms with E-state index in [1.807, 2.05) is 0 Å². The van der Waals surface area contributed by atoms with E-state index in [1.54, 1.807) is 12.2 Å². The Morgan fingerprint density at radius 3 is 2.65 bits per heavy atom. The molecule has 0 bridgehead atoms. The van der Waals surface area contributed by atoms with Crippen LogP contribution in [-0.2, 0) is 9.53 Å². The summed E-state index contributed by atoms with van der Waals surface area (Å²) in [5, 5.41) is 10.1. The standard InChI is InChI=1S/C17H16O6/c1-8(18)23-13-5-3-4-10-15(13)17(21)11-6-9(22-2)7-12(19)14(11)16(10)20/h3,5-7,10,13,15,19H,4H2,1-2H3/t10-,13+,15-/m0/s1. The average molecular weight is 316 g/mol. The number of ketones is 2. The lowest BCUT2D eigenvalue weighted by atomic mass is 9.68. The molecule has 1 aromatic carbocycles. The SMILES string of the molecule is COc1cc(O)c2c(c1)C(=O)[C@H]1[C@H](CC=C[C@H]1OC(C)=O)C2=O. The second kappa shape index (κ2) is 5.53. The zero-order chi connectivity index (χ0) is 16.7. The molecule has 1 aromatic rings. The van der Waals surface area contributed by atoms with E-state index in [9.17, 15) is 19.5 Å². The van der Waals surface area contributed by atoms with Crippen molar-refractivity contribution in [3.05, 3.63) is 35.4 Å². The molecule has 23 heavy (non-hydrogen) atoms. The minimum atomic E-state index is -0.774. The van der Waals surface area contributed by atoms with E-state index >= 15 is 0 Å². The van der Waals surface area contributed by atoms with Crippen LogP contribution >= 0.6 is 0 Å². The lowest BCUT2D eigenvalue weighted by Crippen LogP contribution is -2.45. The van der Waals surface area contributed by atoms with E-state index in [0.29, 0.717) is 6.42 Å². The van der Waals surface area contributed by atoms with Gasteiger partial charge >= 0.3 is 5.97 Å². The summed E-state index contributed by atoms with van der Waals surface area (Å²) in [6.07, 6.45) is 2.96. The van der Waals surface area contributed by atoms with Crippen LogP contribution in [-0.4, -0.2) is 35.9 Å². The molecule has 0 fully saturated rings. The van der Waals surface area contributed by atoms with Gasteiger partial charge in [0, 0.05) is 24.5 Å². The molecule has 2 aliphatic rings. The molecule has 0 radical (unpaired) electrons. The average Bonchev–Trinajstić information content (AvgIpc) is 2.51. The number of hydrogen-bond donors (Lipinski definition) is 1. The van der Waals surface area contributed by atoms with Gasteiger partial charge in [0.2, 0.25) is 0 Å². The maximum atomic E-state index is 12.9. The Morgan fingerprint density at radius 2 is 2.00 bits per heavy atom. The van der Waals surface area contributed by atoms with Gasteiger partial charge in [-0.25, -0.2) is 0 Å². The van der Waals surface area contributed by atoms with Gasteiger partial charge in [-0.2, -0.15) is 0 Å². The van der Waals surface area contributed by atoms with Gasteiger partial charge in [0.25, 0.3) is 0 Å². The van der Waals surface area contributed by atoms with Crippen molar-refractivity contribution >= 4 is 17.5 Å². The largest absolute Gasteiger partial charge is 0.507 e. The van der Waals surface area contributed by atoms with Crippen molar-refractivity contribution < 1.29 is 29.0 Å². The van der Waals surface area contributed by atoms with Crippen molar-refractivity contribution in [1.29, 1.82) is 0 Å². The molecule has 6 heteroatoms. The number of rotatable bonds is 2. The van der Waals surface area contributed by atoms with Gasteiger partial charge in [0.05, 0.1) is 18.6 Å². The molecule has 0 saturated heterocycles. The number of ether oxygens (including phenoxy) is 2. The zero-order valence-electron chi connectivity index (χ0n) is 12.7. The molecule has 0 unspecified atom stereocenters. The van der Waals surface area contributed by atoms with E-state index in [4.69, 9.17) is 9.47 Å². The fraction of sp³-hybridized carbons (Fsp3) is 0.353. The molecule has 0 aromatic heterocycles. The number of methoxy groups -OCH3 is 1. The lowest BCUT2D eigenvalue weighted by Gasteiger charge is -2.36. The smallest absolute Gasteiger partial charge is 0.303 e. The molecule has 3 atom stereocenters. The van der Waals surface area contributed by atoms with Crippen molar-refractivity contribution in [3.63, 3.8) is 0 Å². The van der Waals surface area contributed by atoms with E-state index in [2.05, 4.69) is 0 Å². The van der Waals surface area contributed by atoms with Crippen molar-refractivity contribution in [3.8, 4) is 11.5 Å². The predicted molar refractivity (Wildman–Crippen MR) is 79.6 cm³/mol. The van der Waals surface area contributed by atoms with E-state index in [1.165, 1.54) is 26.2 Å². The van der Waals surface area contributed by atoms with Crippen LogP contribution in [0.4, 0.5) is 0 Å². The van der Waals surface area contributed by atoms with Gasteiger partial charge < -0.3 is 14.6 Å². The van der Waals surface area contributed by atoms with Crippen molar-refractivity contribution in [1.82, 2.24) is 0 Å². The van der Waals surface area contributed by atoms with Crippen LogP contribution in [0.3, 0.4) is 0 Å². The highest BCUT2D eigenvalue weighted by molar-refractivity contribution is 6.18. The summed E-state index contributed by atoms with van der Waals surface area (Å²) < 4.78 is 10.2. The number of fused-ring (bicyclic) bond motifs is 2. The Balaban J connectivity index is 2.12. The predicted octanol–water partition coefficient (Wildman–Crippen LogP) is 1.90. The molecule has 2 aliphatic carbocycles. The number of allylic oxidation sites excluding steroid dienone is 1. The van der Waals surface area contributed by atoms with E-state index in [0.717, 1.165) is 0 Å². The summed E-state index contributed by atoms with van der Waals surface area (Å²) >= 11 is 0. The topological polar surface area (TPSA) is 89.9 Å². The first-order valence-electron chi connectivity index (χ1n) is 7.27. The van der Waals surface area contributed by atoms with Gasteiger partial charge in [0.15, 0.2) is 11.6 Å². The molecule has 0 saturated carbocycles. The Hall–Kier alpha value is -2.63. The quantitative estimate of drug-likeness (QED) is 0.662. The minimum absolute atomic E-state index is 0.0222. The third-order valence-corrected chi connectivity index (χ3v) is 4.28. The van der Waals surface area contributed by atoms with Gasteiger partial charge in [0.1, 0.15) is 17.6 Å². The zero-order valence-corrected chi connectivity index (χ0v) is 12.7. The summed E-state index contributed by atoms with van der Waals surface area (Å²) in [7, 11) is 1.41. The number of hydrogen-bond acceptors (Lipinski definition) is 6. The molecule has 0 aliphatic heterocycles. The van der Waals surface area contributed by atoms with Gasteiger partial charge in [-0.3, -0.25) is 14.4 Å². The fourth-order valence-corrected chi connectivity index (χ4v) is 3.30. The number of benzene rings is 1. The highest BCUT2D eigenvalue weighted by Gasteiger charge is 2.48. The number of aromatic hydroxyl groups is 1. The van der Waals surface area contributed by atoms with Crippen LogP contribution in [0.2, 0.25) is 0 Å². The minimum Gasteiger partial charge on any atom is -0.507 e. The normalized spacial score (nSPS) is 25.6. The van der Waals surface area contributed by atoms with Crippen LogP contribution in [0.25, 0.3) is 0 Å². The van der Waals surface area contributed by atoms with Crippen LogP contribution in [0.5, 0.6) is 11.5 Å². The van der Waals surface area contributed by atoms with Crippen LogP contribution in [0, 0.1) is 11.8 Å². The summed E-state index contributed by atoms with van der Waals surface area (Å²) in [6, 6.07) is 2.75. The van der Waals surface area contributed by atoms with Crippen LogP contribution in [0.1, 0.15) is 34.1 Å². The Labute approximate surface area is 132 Å². The molecule has 0 spiro atoms. The number of esters is 1. The fourth-order valence-electron chi connectivity index (χ4n) is 3.30. The second-order valence-corrected chi connectivity index (χ2v) is 5.67. The molecular formula is C17H16O6. The van der Waals surface area contributed by atoms with Crippen LogP contribution < -0.4 is 4.74 Å². The Bertz CT molecular complexity index is 733. The molecule has 120 valence electrons. The number of phenols is 1. The van der Waals surface area contributed by atoms with Gasteiger partial charge in [-0.05, 0) is 18.6 Å². The maximum Gasteiger partial charge on any atom is 0.303 e. The van der Waals surface area contributed by atoms with Crippen LogP contribution in [0.15, 0.2) is 24.3 Å². The molecule has 0 heterocycles. The van der Waals surface area contributed by atoms with Gasteiger partial charge in [-0.1, -0.05) is 6.08 Å². The Kier molecular flexibility index (Phi) is 3.67. The number of phenolic OH excluding ortho intramolecular Hbond substituents is 1. The highest BCUT2D eigenvalue weighted by atomic mass is 16.5. The molecule has 3 rings (SSSR count). The van der Waals surface area contributed by atoms with E-state index < -0.39 is 23.9 Å². The lowest BCUT2D eigenvalue weighted by molar-refractivity contribution is -0.146. The number of carbonyl (C=O) groups excluding carboxylic acids is 3. The third kappa shape index (κ3) is 2.40. The van der Waals surface area contributed by atoms with Crippen molar-refractivity contribution in [2.45, 2.75) is 19.4 Å². The second-order valence-electron chi connectivity index (χ2n) is 5.67. The highest BCUT2D eigenvalue weighted by Crippen LogP contribution is 2.42. The van der Waals surface area contributed by atoms with Crippen molar-refractivity contribution in [2.24, 2.45) is 11.8 Å². The Morgan fingerprint density at radius 1 is 1.26 bits per heavy atom. The summed E-state index contributed by atoms with van der Waals surface area (Å²) in [6.45, 7) is 1.26. The maximum absolute atomic E-state index is 12.9. The third-order valence-electron chi connectivity index (χ3n) is 4.28. The molecule has 6 nitrogen and oxygen atoms in total. The summed E-state index contributed by atoms with van der Waals surface area (Å²) in [5.74, 6) is -2.54. The van der Waals surface area contributed by atoms with Gasteiger partial charge in [-0.15, -0.1) is 0 Å². The van der Waals surface area contributed by atoms with Crippen molar-refractivity contribution in [2.75, 3.05) is 7.11 Å².